The Kier molecular flexibility index (Phi) is 22.0. The molecule has 0 amide bonds. The number of nitrogens with zero attached hydrogens (tertiary/aromatic N) is 1. The van der Waals surface area contributed by atoms with E-state index in [1.165, 1.54) is 6.20 Å². The monoisotopic (exact) mass is 1390 g/mol. The fourth-order valence-corrected chi connectivity index (χ4v) is 10.9. The van der Waals surface area contributed by atoms with Gasteiger partial charge in [0.1, 0.15) is 68.9 Å². The van der Waals surface area contributed by atoms with E-state index in [-0.39, 0.29) is 23.0 Å². The van der Waals surface area contributed by atoms with Crippen molar-refractivity contribution in [3.8, 4) is 86.9 Å². The van der Waals surface area contributed by atoms with Crippen LogP contribution in [0.4, 0.5) is 5.69 Å². The van der Waals surface area contributed by atoms with Crippen molar-refractivity contribution in [2.45, 2.75) is 6.92 Å². The summed E-state index contributed by atoms with van der Waals surface area (Å²) in [6, 6.07) is 98.9. The Bertz CT molecular complexity index is 5760. The number of aromatic nitrogens is 2. The third-order valence-corrected chi connectivity index (χ3v) is 16.3. The van der Waals surface area contributed by atoms with Crippen LogP contribution in [0.5, 0.6) is 63.2 Å². The highest BCUT2D eigenvalue weighted by atomic mass is 16.5. The van der Waals surface area contributed by atoms with E-state index in [1.807, 2.05) is 189 Å². The third kappa shape index (κ3) is 18.8. The lowest BCUT2D eigenvalue weighted by Crippen LogP contribution is -2.21. The van der Waals surface area contributed by atoms with Gasteiger partial charge in [0.15, 0.2) is 17.3 Å². The van der Waals surface area contributed by atoms with Gasteiger partial charge in [0.25, 0.3) is 5.56 Å². The maximum Gasteiger partial charge on any atom is 0.325 e. The van der Waals surface area contributed by atoms with E-state index in [2.05, 4.69) is 38.6 Å². The summed E-state index contributed by atoms with van der Waals surface area (Å²) in [5, 5.41) is 0. The lowest BCUT2D eigenvalue weighted by Gasteiger charge is -2.12. The first-order chi connectivity index (χ1) is 51.8. The van der Waals surface area contributed by atoms with Crippen LogP contribution in [0.25, 0.3) is 0 Å². The van der Waals surface area contributed by atoms with Crippen LogP contribution in [0.15, 0.2) is 348 Å². The Labute approximate surface area is 611 Å². The number of ether oxygens (including phenoxy) is 6. The molecule has 14 nitrogen and oxygen atoms in total. The average molecular weight is 1390 g/mol. The molecule has 14 rings (SSSR count). The zero-order chi connectivity index (χ0) is 73.0. The minimum absolute atomic E-state index is 0.0406. The number of hydrogen-bond donors (Lipinski definition) is 2. The molecule has 0 saturated heterocycles. The van der Waals surface area contributed by atoms with E-state index >= 15 is 0 Å². The van der Waals surface area contributed by atoms with Crippen LogP contribution in [-0.4, -0.2) is 40.1 Å². The number of H-pyrrole nitrogens is 2. The molecular weight excluding hydrogens is 1320 g/mol. The number of ketones is 3. The van der Waals surface area contributed by atoms with Crippen molar-refractivity contribution in [3.05, 3.63) is 427 Å². The van der Waals surface area contributed by atoms with Crippen molar-refractivity contribution in [2.75, 3.05) is 7.11 Å². The first kappa shape index (κ1) is 69.6. The number of hydrogen-bond acceptors (Lipinski definition) is 12. The quantitative estimate of drug-likeness (QED) is 0.0420. The first-order valence-electron chi connectivity index (χ1n) is 33.6. The molecule has 13 aromatic carbocycles. The lowest BCUT2D eigenvalue weighted by atomic mass is 10.0. The molecule has 0 saturated carbocycles. The van der Waals surface area contributed by atoms with E-state index in [0.717, 1.165) is 33.6 Å². The number of carbonyl (C=O) groups is 3. The van der Waals surface area contributed by atoms with Gasteiger partial charge in [-0.05, 0) is 243 Å². The van der Waals surface area contributed by atoms with Crippen molar-refractivity contribution in [3.63, 3.8) is 0 Å². The SMILES string of the molecule is COc1cccc(C(=O)c2cccc(Oc3cccc(Oc4ccc(C(=O)c5ccc(C#Cc6ccccc6)cc5)cc4)c3)c2)c1.Cc1cccc(Oc2ccc(C(=Nc3c[nH]c(=O)[nH]c3=O)c3ccc(Oc4cccc(Oc5ccc(C(=O)c6ccc(C#Cc7ccccc7)cc6)cc5)c4)cc3)cc2)c1. The highest BCUT2D eigenvalue weighted by Crippen LogP contribution is 2.33. The molecular formula is C92H63N3O11. The third-order valence-electron chi connectivity index (χ3n) is 16.3. The number of aliphatic imine (C=N–C) groups is 1. The predicted molar refractivity (Wildman–Crippen MR) is 411 cm³/mol. The summed E-state index contributed by atoms with van der Waals surface area (Å²) in [6.07, 6.45) is 1.28. The number of benzene rings is 13. The number of rotatable bonds is 20. The molecule has 0 aliphatic rings. The molecule has 512 valence electrons. The molecule has 106 heavy (non-hydrogen) atoms. The predicted octanol–water partition coefficient (Wildman–Crippen LogP) is 19.7. The van der Waals surface area contributed by atoms with Crippen molar-refractivity contribution < 1.29 is 42.8 Å². The zero-order valence-corrected chi connectivity index (χ0v) is 57.2. The van der Waals surface area contributed by atoms with Crippen LogP contribution in [0.1, 0.15) is 86.7 Å². The molecule has 0 unspecified atom stereocenters. The van der Waals surface area contributed by atoms with Crippen LogP contribution < -0.4 is 39.7 Å². The van der Waals surface area contributed by atoms with E-state index < -0.39 is 11.2 Å². The topological polar surface area (TPSA) is 185 Å². The largest absolute Gasteiger partial charge is 0.497 e. The second kappa shape index (κ2) is 33.5. The molecule has 0 aliphatic heterocycles. The number of nitrogens with one attached hydrogen (secondary N) is 2. The summed E-state index contributed by atoms with van der Waals surface area (Å²) in [5.74, 6) is 18.6. The van der Waals surface area contributed by atoms with Gasteiger partial charge < -0.3 is 33.4 Å². The zero-order valence-electron chi connectivity index (χ0n) is 57.2. The summed E-state index contributed by atoms with van der Waals surface area (Å²) in [7, 11) is 1.57. The van der Waals surface area contributed by atoms with Crippen molar-refractivity contribution in [2.24, 2.45) is 4.99 Å². The van der Waals surface area contributed by atoms with Gasteiger partial charge in [-0.2, -0.15) is 0 Å². The van der Waals surface area contributed by atoms with Gasteiger partial charge in [-0.15, -0.1) is 0 Å². The minimum atomic E-state index is -0.622. The molecule has 14 heteroatoms. The van der Waals surface area contributed by atoms with E-state index in [4.69, 9.17) is 28.4 Å². The van der Waals surface area contributed by atoms with Gasteiger partial charge >= 0.3 is 5.69 Å². The minimum Gasteiger partial charge on any atom is -0.497 e. The molecule has 2 N–H and O–H groups in total. The number of carbonyl (C=O) groups excluding carboxylic acids is 3. The molecule has 0 atom stereocenters. The fourth-order valence-electron chi connectivity index (χ4n) is 10.9. The fraction of sp³-hybridized carbons (Fsp3) is 0.0217. The van der Waals surface area contributed by atoms with Crippen molar-refractivity contribution in [1.82, 2.24) is 9.97 Å². The van der Waals surface area contributed by atoms with E-state index in [9.17, 15) is 24.0 Å². The normalized spacial score (nSPS) is 10.6. The van der Waals surface area contributed by atoms with E-state index in [0.29, 0.717) is 108 Å². The van der Waals surface area contributed by atoms with Crippen molar-refractivity contribution >= 4 is 28.7 Å². The molecule has 14 aromatic rings. The Hall–Kier alpha value is -14.9. The van der Waals surface area contributed by atoms with Gasteiger partial charge in [0, 0.05) is 85.1 Å². The molecule has 1 aromatic heterocycles. The van der Waals surface area contributed by atoms with Gasteiger partial charge in [-0.1, -0.05) is 109 Å². The summed E-state index contributed by atoms with van der Waals surface area (Å²) in [5.41, 5.74) is 8.59. The number of methoxy groups -OCH3 is 1. The van der Waals surface area contributed by atoms with Gasteiger partial charge in [0.2, 0.25) is 0 Å². The van der Waals surface area contributed by atoms with Crippen molar-refractivity contribution in [1.29, 1.82) is 0 Å². The van der Waals surface area contributed by atoms with Gasteiger partial charge in [0.05, 0.1) is 12.8 Å². The Morgan fingerprint density at radius 1 is 0.302 bits per heavy atom. The molecule has 0 bridgehead atoms. The molecule has 0 aliphatic carbocycles. The Morgan fingerprint density at radius 2 is 0.613 bits per heavy atom. The Morgan fingerprint density at radius 3 is 1.00 bits per heavy atom. The molecule has 0 fully saturated rings. The van der Waals surface area contributed by atoms with Gasteiger partial charge in [-0.3, -0.25) is 24.2 Å². The second-order valence-electron chi connectivity index (χ2n) is 23.9. The average Bonchev–Trinajstić information content (AvgIpc) is 0.814. The smallest absolute Gasteiger partial charge is 0.325 e. The molecule has 0 radical (unpaired) electrons. The maximum atomic E-state index is 13.2. The van der Waals surface area contributed by atoms with Crippen LogP contribution in [0, 0.1) is 30.6 Å². The van der Waals surface area contributed by atoms with Crippen LogP contribution in [0.3, 0.4) is 0 Å². The molecule has 0 spiro atoms. The highest BCUT2D eigenvalue weighted by Gasteiger charge is 2.16. The Balaban J connectivity index is 0.000000194. The lowest BCUT2D eigenvalue weighted by molar-refractivity contribution is 0.103. The summed E-state index contributed by atoms with van der Waals surface area (Å²) in [6.45, 7) is 2.00. The summed E-state index contributed by atoms with van der Waals surface area (Å²) >= 11 is 0. The van der Waals surface area contributed by atoms with Crippen LogP contribution >= 0.6 is 0 Å². The standard InChI is InChI=1S/C51H35N3O6.C41H28O5/c1-34-7-5-10-44(31-34)58-41-25-19-37(20-26-41)48(53-47-33-52-51(57)54-50(47)56)38-21-27-42(28-22-38)59-45-11-6-12-46(32-45)60-43-29-23-40(24-30-43)49(55)39-17-15-36(16-18-39)14-13-35-8-3-2-4-9-35;1-44-36-12-5-10-33(26-36)41(43)34-11-6-13-37(27-34)46-39-15-7-14-38(28-39)45-35-24-22-32(23-25-35)40(42)31-20-18-30(19-21-31)17-16-29-8-3-2-4-9-29/h2-12,15-33H,1H3,(H2,52,54,56,57);2-15,18-28H,1H3. The van der Waals surface area contributed by atoms with E-state index in [1.54, 1.807) is 153 Å². The summed E-state index contributed by atoms with van der Waals surface area (Å²) < 4.78 is 35.7. The summed E-state index contributed by atoms with van der Waals surface area (Å²) in [4.78, 5) is 73.0. The maximum absolute atomic E-state index is 13.2. The van der Waals surface area contributed by atoms with Crippen LogP contribution in [0.2, 0.25) is 0 Å². The van der Waals surface area contributed by atoms with Gasteiger partial charge in [-0.25, -0.2) is 9.79 Å². The van der Waals surface area contributed by atoms with Crippen LogP contribution in [-0.2, 0) is 0 Å². The first-order valence-corrected chi connectivity index (χ1v) is 33.6. The highest BCUT2D eigenvalue weighted by molar-refractivity contribution is 6.14. The number of aromatic amines is 2. The second-order valence-corrected chi connectivity index (χ2v) is 23.9. The molecule has 1 heterocycles. The number of aryl methyl sites for hydroxylation is 1.